The van der Waals surface area contributed by atoms with Crippen molar-refractivity contribution in [1.82, 2.24) is 15.1 Å². The second-order valence-corrected chi connectivity index (χ2v) is 5.78. The Bertz CT molecular complexity index is 1160. The maximum atomic E-state index is 12.2. The minimum atomic E-state index is -0.543. The average molecular weight is 350 g/mol. The molecule has 26 heavy (non-hydrogen) atoms. The van der Waals surface area contributed by atoms with E-state index in [1.807, 2.05) is 31.2 Å². The monoisotopic (exact) mass is 350 g/mol. The highest BCUT2D eigenvalue weighted by Crippen LogP contribution is 2.20. The van der Waals surface area contributed by atoms with Crippen LogP contribution in [0, 0.1) is 6.92 Å². The van der Waals surface area contributed by atoms with Crippen LogP contribution in [0.25, 0.3) is 22.5 Å². The number of carbonyl (C=O) groups excluding carboxylic acids is 1. The Balaban J connectivity index is 1.48. The van der Waals surface area contributed by atoms with Gasteiger partial charge >= 0.3 is 5.76 Å². The van der Waals surface area contributed by atoms with E-state index in [1.165, 1.54) is 0 Å². The Labute approximate surface area is 146 Å². The summed E-state index contributed by atoms with van der Waals surface area (Å²) in [7, 11) is 0. The van der Waals surface area contributed by atoms with Crippen LogP contribution >= 0.6 is 0 Å². The van der Waals surface area contributed by atoms with Crippen LogP contribution in [0.3, 0.4) is 0 Å². The van der Waals surface area contributed by atoms with Gasteiger partial charge in [-0.3, -0.25) is 9.78 Å². The molecule has 0 atom stereocenters. The number of aromatic nitrogens is 3. The second-order valence-electron chi connectivity index (χ2n) is 5.78. The van der Waals surface area contributed by atoms with Gasteiger partial charge < -0.3 is 14.3 Å². The van der Waals surface area contributed by atoms with Crippen molar-refractivity contribution in [1.29, 1.82) is 0 Å². The molecule has 0 bridgehead atoms. The van der Waals surface area contributed by atoms with Crippen molar-refractivity contribution in [3.63, 3.8) is 0 Å². The van der Waals surface area contributed by atoms with Crippen molar-refractivity contribution >= 4 is 22.7 Å². The van der Waals surface area contributed by atoms with Crippen LogP contribution in [0.1, 0.15) is 11.5 Å². The fraction of sp³-hybridized carbons (Fsp3) is 0.111. The molecule has 2 heterocycles. The van der Waals surface area contributed by atoms with Crippen LogP contribution in [-0.2, 0) is 11.2 Å². The quantitative estimate of drug-likeness (QED) is 0.585. The Morgan fingerprint density at radius 2 is 2.08 bits per heavy atom. The molecule has 0 spiro atoms. The molecular formula is C18H14N4O4. The molecule has 8 nitrogen and oxygen atoms in total. The predicted molar refractivity (Wildman–Crippen MR) is 93.6 cm³/mol. The first-order valence-corrected chi connectivity index (χ1v) is 7.90. The number of amides is 1. The molecule has 0 saturated carbocycles. The van der Waals surface area contributed by atoms with Crippen molar-refractivity contribution < 1.29 is 13.7 Å². The number of aryl methyl sites for hydroxylation is 1. The van der Waals surface area contributed by atoms with Crippen molar-refractivity contribution in [2.75, 3.05) is 5.32 Å². The maximum Gasteiger partial charge on any atom is 0.417 e. The number of hydrogen-bond acceptors (Lipinski definition) is 6. The topological polar surface area (TPSA) is 114 Å². The molecule has 0 unspecified atom stereocenters. The lowest BCUT2D eigenvalue weighted by molar-refractivity contribution is -0.115. The minimum Gasteiger partial charge on any atom is -0.408 e. The van der Waals surface area contributed by atoms with Crippen molar-refractivity contribution in [2.45, 2.75) is 13.3 Å². The summed E-state index contributed by atoms with van der Waals surface area (Å²) in [5.41, 5.74) is 3.34. The highest BCUT2D eigenvalue weighted by atomic mass is 16.5. The molecule has 4 rings (SSSR count). The molecule has 8 heteroatoms. The highest BCUT2D eigenvalue weighted by Gasteiger charge is 2.14. The van der Waals surface area contributed by atoms with Crippen LogP contribution in [0.4, 0.5) is 5.69 Å². The van der Waals surface area contributed by atoms with Crippen LogP contribution in [0.2, 0.25) is 0 Å². The van der Waals surface area contributed by atoms with E-state index >= 15 is 0 Å². The number of benzene rings is 2. The summed E-state index contributed by atoms with van der Waals surface area (Å²) in [6.45, 7) is 1.95. The molecule has 0 aliphatic rings. The molecule has 2 N–H and O–H groups in total. The number of nitrogens with one attached hydrogen (secondary N) is 2. The summed E-state index contributed by atoms with van der Waals surface area (Å²) in [6, 6.07) is 12.5. The zero-order chi connectivity index (χ0) is 18.1. The number of nitrogens with zero attached hydrogens (tertiary/aromatic N) is 2. The van der Waals surface area contributed by atoms with E-state index < -0.39 is 5.76 Å². The molecule has 0 radical (unpaired) electrons. The number of anilines is 1. The number of oxazole rings is 1. The Morgan fingerprint density at radius 1 is 1.23 bits per heavy atom. The lowest BCUT2D eigenvalue weighted by Crippen LogP contribution is -2.14. The van der Waals surface area contributed by atoms with Crippen LogP contribution in [0.15, 0.2) is 56.2 Å². The molecule has 2 aromatic carbocycles. The van der Waals surface area contributed by atoms with E-state index in [1.54, 1.807) is 18.2 Å². The summed E-state index contributed by atoms with van der Waals surface area (Å²) in [5.74, 6) is -0.185. The number of carbonyl (C=O) groups is 1. The molecule has 0 aliphatic heterocycles. The van der Waals surface area contributed by atoms with E-state index in [2.05, 4.69) is 20.4 Å². The van der Waals surface area contributed by atoms with Gasteiger partial charge in [0.1, 0.15) is 6.42 Å². The van der Waals surface area contributed by atoms with Gasteiger partial charge in [0.05, 0.1) is 5.52 Å². The summed E-state index contributed by atoms with van der Waals surface area (Å²) in [6.07, 6.45) is -0.0567. The van der Waals surface area contributed by atoms with Gasteiger partial charge in [-0.25, -0.2) is 4.79 Å². The standard InChI is InChI=1S/C18H14N4O4/c1-10-4-2-3-5-12(10)17-21-16(26-22-17)9-15(23)19-11-6-7-14-13(8-11)20-18(24)25-14/h2-8H,9H2,1H3,(H,19,23)(H,20,24). The van der Waals surface area contributed by atoms with E-state index in [9.17, 15) is 9.59 Å². The third kappa shape index (κ3) is 3.12. The summed E-state index contributed by atoms with van der Waals surface area (Å²) < 4.78 is 10.1. The van der Waals surface area contributed by atoms with Crippen LogP contribution < -0.4 is 11.1 Å². The van der Waals surface area contributed by atoms with Crippen LogP contribution in [-0.4, -0.2) is 21.0 Å². The fourth-order valence-electron chi connectivity index (χ4n) is 2.63. The minimum absolute atomic E-state index is 0.0567. The lowest BCUT2D eigenvalue weighted by atomic mass is 10.1. The molecule has 0 fully saturated rings. The van der Waals surface area contributed by atoms with Gasteiger partial charge in [0.15, 0.2) is 5.58 Å². The zero-order valence-corrected chi connectivity index (χ0v) is 13.8. The summed E-state index contributed by atoms with van der Waals surface area (Å²) >= 11 is 0. The van der Waals surface area contributed by atoms with Crippen molar-refractivity contribution in [2.24, 2.45) is 0 Å². The first-order chi connectivity index (χ1) is 12.6. The van der Waals surface area contributed by atoms with Gasteiger partial charge in [-0.15, -0.1) is 0 Å². The van der Waals surface area contributed by atoms with Gasteiger partial charge in [0.25, 0.3) is 0 Å². The predicted octanol–water partition coefficient (Wildman–Crippen LogP) is 2.66. The average Bonchev–Trinajstić information content (AvgIpc) is 3.20. The van der Waals surface area contributed by atoms with Crippen molar-refractivity contribution in [3.05, 3.63) is 64.5 Å². The number of fused-ring (bicyclic) bond motifs is 1. The van der Waals surface area contributed by atoms with Gasteiger partial charge in [0.2, 0.25) is 17.6 Å². The molecule has 0 saturated heterocycles. The third-order valence-corrected chi connectivity index (χ3v) is 3.87. The number of rotatable bonds is 4. The lowest BCUT2D eigenvalue weighted by Gasteiger charge is -2.02. The molecular weight excluding hydrogens is 336 g/mol. The van der Waals surface area contributed by atoms with E-state index in [0.717, 1.165) is 11.1 Å². The first-order valence-electron chi connectivity index (χ1n) is 7.90. The second kappa shape index (κ2) is 6.32. The van der Waals surface area contributed by atoms with E-state index in [-0.39, 0.29) is 18.2 Å². The molecule has 0 aliphatic carbocycles. The zero-order valence-electron chi connectivity index (χ0n) is 13.8. The Kier molecular flexibility index (Phi) is 3.85. The third-order valence-electron chi connectivity index (χ3n) is 3.87. The molecule has 2 aromatic heterocycles. The van der Waals surface area contributed by atoms with Crippen LogP contribution in [0.5, 0.6) is 0 Å². The van der Waals surface area contributed by atoms with E-state index in [4.69, 9.17) is 8.94 Å². The molecule has 1 amide bonds. The Hall–Kier alpha value is -3.68. The van der Waals surface area contributed by atoms with Crippen molar-refractivity contribution in [3.8, 4) is 11.4 Å². The summed E-state index contributed by atoms with van der Waals surface area (Å²) in [5, 5.41) is 6.65. The van der Waals surface area contributed by atoms with Gasteiger partial charge in [-0.1, -0.05) is 29.4 Å². The fourth-order valence-corrected chi connectivity index (χ4v) is 2.63. The Morgan fingerprint density at radius 3 is 2.92 bits per heavy atom. The van der Waals surface area contributed by atoms with E-state index in [0.29, 0.717) is 22.6 Å². The van der Waals surface area contributed by atoms with Gasteiger partial charge in [-0.05, 0) is 30.7 Å². The molecule has 4 aromatic rings. The number of H-pyrrole nitrogens is 1. The maximum absolute atomic E-state index is 12.2. The highest BCUT2D eigenvalue weighted by molar-refractivity contribution is 5.93. The SMILES string of the molecule is Cc1ccccc1-c1noc(CC(=O)Nc2ccc3oc(=O)[nH]c3c2)n1. The van der Waals surface area contributed by atoms with Gasteiger partial charge in [-0.2, -0.15) is 4.98 Å². The smallest absolute Gasteiger partial charge is 0.408 e. The normalized spacial score (nSPS) is 11.0. The number of aromatic amines is 1. The molecule has 130 valence electrons. The largest absolute Gasteiger partial charge is 0.417 e. The first kappa shape index (κ1) is 15.8. The number of hydrogen-bond donors (Lipinski definition) is 2. The summed E-state index contributed by atoms with van der Waals surface area (Å²) in [4.78, 5) is 30.2. The van der Waals surface area contributed by atoms with Gasteiger partial charge in [0, 0.05) is 11.3 Å².